The van der Waals surface area contributed by atoms with Gasteiger partial charge in [0, 0.05) is 19.8 Å². The maximum absolute atomic E-state index is 5.59. The van der Waals surface area contributed by atoms with Crippen molar-refractivity contribution in [3.63, 3.8) is 0 Å². The molecule has 0 aliphatic heterocycles. The van der Waals surface area contributed by atoms with Crippen LogP contribution in [0.3, 0.4) is 0 Å². The van der Waals surface area contributed by atoms with Crippen molar-refractivity contribution in [2.45, 2.75) is 20.3 Å². The van der Waals surface area contributed by atoms with Gasteiger partial charge in [0.2, 0.25) is 0 Å². The molecule has 0 radical (unpaired) electrons. The molecule has 90 valence electrons. The summed E-state index contributed by atoms with van der Waals surface area (Å²) in [5.41, 5.74) is 8.88. The molecule has 1 atom stereocenters. The topological polar surface area (TPSA) is 50.4 Å². The molecule has 0 aromatic heterocycles. The second-order valence-electron chi connectivity index (χ2n) is 3.71. The van der Waals surface area contributed by atoms with Gasteiger partial charge < -0.3 is 16.0 Å². The number of hydrogen-bond donors (Lipinski definition) is 2. The van der Waals surface area contributed by atoms with Gasteiger partial charge in [-0.3, -0.25) is 0 Å². The summed E-state index contributed by atoms with van der Waals surface area (Å²) in [4.78, 5) is 4.01. The van der Waals surface area contributed by atoms with Gasteiger partial charge in [0.1, 0.15) is 0 Å². The van der Waals surface area contributed by atoms with E-state index >= 15 is 0 Å². The number of allylic oxidation sites excluding steroid dienone is 3. The quantitative estimate of drug-likeness (QED) is 0.534. The van der Waals surface area contributed by atoms with Crippen molar-refractivity contribution in [3.8, 4) is 0 Å². The van der Waals surface area contributed by atoms with Gasteiger partial charge in [-0.2, -0.15) is 0 Å². The number of nitrogens with two attached hydrogens (primary N) is 1. The number of hydrogen-bond acceptors (Lipinski definition) is 3. The van der Waals surface area contributed by atoms with Gasteiger partial charge in [-0.25, -0.2) is 0 Å². The smallest absolute Gasteiger partial charge is 0.0370 e. The van der Waals surface area contributed by atoms with E-state index in [0.717, 1.165) is 17.7 Å². The molecule has 3 heteroatoms. The van der Waals surface area contributed by atoms with Crippen LogP contribution < -0.4 is 11.1 Å². The number of nitrogens with zero attached hydrogens (tertiary/aromatic N) is 1. The molecule has 16 heavy (non-hydrogen) atoms. The molecule has 0 aliphatic carbocycles. The number of nitrogens with one attached hydrogen (secondary N) is 1. The van der Waals surface area contributed by atoms with Crippen molar-refractivity contribution in [2.75, 3.05) is 14.1 Å². The lowest BCUT2D eigenvalue weighted by Crippen LogP contribution is -2.13. The normalized spacial score (nSPS) is 15.9. The van der Waals surface area contributed by atoms with Gasteiger partial charge in [0.05, 0.1) is 0 Å². The highest BCUT2D eigenvalue weighted by Gasteiger charge is 2.13. The maximum atomic E-state index is 5.59. The fourth-order valence-electron chi connectivity index (χ4n) is 1.68. The Morgan fingerprint density at radius 1 is 1.56 bits per heavy atom. The minimum absolute atomic E-state index is 0.365. The summed E-state index contributed by atoms with van der Waals surface area (Å²) in [7, 11) is 3.68. The largest absolute Gasteiger partial charge is 0.404 e. The van der Waals surface area contributed by atoms with Crippen molar-refractivity contribution in [1.29, 1.82) is 0 Å². The first-order valence-corrected chi connectivity index (χ1v) is 5.46. The predicted molar refractivity (Wildman–Crippen MR) is 72.4 cm³/mol. The summed E-state index contributed by atoms with van der Waals surface area (Å²) >= 11 is 0. The molecule has 0 amide bonds. The van der Waals surface area contributed by atoms with E-state index in [0.29, 0.717) is 5.92 Å². The zero-order chi connectivity index (χ0) is 12.6. The molecular formula is C13H23N3. The summed E-state index contributed by atoms with van der Waals surface area (Å²) in [6.07, 6.45) is 6.28. The lowest BCUT2D eigenvalue weighted by molar-refractivity contribution is 0.711. The molecule has 0 bridgehead atoms. The molecule has 0 spiro atoms. The molecule has 0 aromatic rings. The molecule has 0 aromatic carbocycles. The van der Waals surface area contributed by atoms with E-state index in [2.05, 4.69) is 23.8 Å². The fraction of sp³-hybridized carbons (Fsp3) is 0.462. The third-order valence-corrected chi connectivity index (χ3v) is 2.57. The lowest BCUT2D eigenvalue weighted by Gasteiger charge is -2.18. The van der Waals surface area contributed by atoms with E-state index in [1.54, 1.807) is 13.2 Å². The molecule has 0 heterocycles. The highest BCUT2D eigenvalue weighted by molar-refractivity contribution is 5.59. The average molecular weight is 221 g/mol. The highest BCUT2D eigenvalue weighted by Crippen LogP contribution is 2.24. The van der Waals surface area contributed by atoms with E-state index < -0.39 is 0 Å². The molecule has 3 nitrogen and oxygen atoms in total. The SMILES string of the molecule is C=C/C(NC)=C(/C(C)=C/N)[C@H](C)C/C=N\C. The Labute approximate surface area is 98.8 Å². The minimum Gasteiger partial charge on any atom is -0.404 e. The van der Waals surface area contributed by atoms with Crippen LogP contribution in [-0.2, 0) is 0 Å². The van der Waals surface area contributed by atoms with Crippen LogP contribution in [0.4, 0.5) is 0 Å². The number of rotatable bonds is 6. The number of likely N-dealkylation sites (N-methyl/N-ethyl adjacent to an activating group) is 1. The Morgan fingerprint density at radius 3 is 2.56 bits per heavy atom. The third-order valence-electron chi connectivity index (χ3n) is 2.57. The van der Waals surface area contributed by atoms with Crippen LogP contribution in [0.5, 0.6) is 0 Å². The van der Waals surface area contributed by atoms with Crippen LogP contribution in [-0.4, -0.2) is 20.3 Å². The van der Waals surface area contributed by atoms with Crippen molar-refractivity contribution in [3.05, 3.63) is 35.7 Å². The van der Waals surface area contributed by atoms with Crippen LogP contribution >= 0.6 is 0 Å². The van der Waals surface area contributed by atoms with Crippen LogP contribution in [0.2, 0.25) is 0 Å². The van der Waals surface area contributed by atoms with Crippen LogP contribution in [0, 0.1) is 5.92 Å². The number of aliphatic imine (C=N–C) groups is 1. The Bertz CT molecular complexity index is 311. The summed E-state index contributed by atoms with van der Waals surface area (Å²) in [5, 5.41) is 3.15. The van der Waals surface area contributed by atoms with Crippen LogP contribution in [0.15, 0.2) is 40.7 Å². The summed E-state index contributed by atoms with van der Waals surface area (Å²) in [5.74, 6) is 0.365. The Morgan fingerprint density at radius 2 is 2.19 bits per heavy atom. The van der Waals surface area contributed by atoms with Gasteiger partial charge in [0.15, 0.2) is 0 Å². The zero-order valence-corrected chi connectivity index (χ0v) is 10.7. The predicted octanol–water partition coefficient (Wildman–Crippen LogP) is 2.24. The van der Waals surface area contributed by atoms with E-state index in [1.165, 1.54) is 5.57 Å². The van der Waals surface area contributed by atoms with Gasteiger partial charge in [-0.15, -0.1) is 0 Å². The molecular weight excluding hydrogens is 198 g/mol. The third kappa shape index (κ3) is 3.93. The van der Waals surface area contributed by atoms with Crippen molar-refractivity contribution in [1.82, 2.24) is 5.32 Å². The Hall–Kier alpha value is -1.51. The average Bonchev–Trinajstić information content (AvgIpc) is 2.31. The first-order valence-electron chi connectivity index (χ1n) is 5.46. The maximum Gasteiger partial charge on any atom is 0.0370 e. The van der Waals surface area contributed by atoms with Crippen LogP contribution in [0.1, 0.15) is 20.3 Å². The van der Waals surface area contributed by atoms with E-state index in [9.17, 15) is 0 Å². The monoisotopic (exact) mass is 221 g/mol. The van der Waals surface area contributed by atoms with E-state index in [4.69, 9.17) is 5.73 Å². The fourth-order valence-corrected chi connectivity index (χ4v) is 1.68. The molecule has 0 saturated heterocycles. The molecule has 0 saturated carbocycles. The molecule has 0 rings (SSSR count). The molecule has 0 aliphatic rings. The van der Waals surface area contributed by atoms with Gasteiger partial charge in [-0.1, -0.05) is 13.5 Å². The Balaban J connectivity index is 5.24. The van der Waals surface area contributed by atoms with Crippen molar-refractivity contribution >= 4 is 6.21 Å². The van der Waals surface area contributed by atoms with E-state index in [1.807, 2.05) is 26.3 Å². The standard InChI is InChI=1S/C13H23N3/c1-6-12(16-5)13(11(3)9-14)10(2)7-8-15-4/h6,8-10,16H,1,7,14H2,2-5H3/b11-9+,13-12-,15-8-/t10-/m1/s1. The summed E-state index contributed by atoms with van der Waals surface area (Å²) in [6.45, 7) is 7.98. The molecule has 3 N–H and O–H groups in total. The van der Waals surface area contributed by atoms with Crippen molar-refractivity contribution < 1.29 is 0 Å². The van der Waals surface area contributed by atoms with Crippen molar-refractivity contribution in [2.24, 2.45) is 16.6 Å². The lowest BCUT2D eigenvalue weighted by atomic mass is 9.90. The highest BCUT2D eigenvalue weighted by atomic mass is 14.8. The van der Waals surface area contributed by atoms with Crippen LogP contribution in [0.25, 0.3) is 0 Å². The minimum atomic E-state index is 0.365. The first-order chi connectivity index (χ1) is 7.62. The summed E-state index contributed by atoms with van der Waals surface area (Å²) < 4.78 is 0. The zero-order valence-electron chi connectivity index (χ0n) is 10.7. The van der Waals surface area contributed by atoms with Gasteiger partial charge in [-0.05, 0) is 48.9 Å². The van der Waals surface area contributed by atoms with E-state index in [-0.39, 0.29) is 0 Å². The Kier molecular flexibility index (Phi) is 7.01. The first kappa shape index (κ1) is 14.5. The molecule has 0 fully saturated rings. The van der Waals surface area contributed by atoms with Gasteiger partial charge >= 0.3 is 0 Å². The second-order valence-corrected chi connectivity index (χ2v) is 3.71. The second kappa shape index (κ2) is 7.74. The summed E-state index contributed by atoms with van der Waals surface area (Å²) in [6, 6.07) is 0. The van der Waals surface area contributed by atoms with Gasteiger partial charge in [0.25, 0.3) is 0 Å². The molecule has 0 unspecified atom stereocenters.